The highest BCUT2D eigenvalue weighted by atomic mass is 16.3. The number of rotatable bonds is 11. The summed E-state index contributed by atoms with van der Waals surface area (Å²) in [6, 6.07) is 60.8. The van der Waals surface area contributed by atoms with Crippen molar-refractivity contribution < 1.29 is 4.42 Å². The molecular formula is C60H45NO. The van der Waals surface area contributed by atoms with E-state index >= 15 is 0 Å². The van der Waals surface area contributed by atoms with E-state index in [0.717, 1.165) is 90.4 Å². The summed E-state index contributed by atoms with van der Waals surface area (Å²) in [6.45, 7) is 8.18. The van der Waals surface area contributed by atoms with Crippen molar-refractivity contribution in [3.8, 4) is 33.4 Å². The van der Waals surface area contributed by atoms with Gasteiger partial charge in [-0.1, -0.05) is 195 Å². The van der Waals surface area contributed by atoms with Crippen molar-refractivity contribution in [3.05, 3.63) is 247 Å². The van der Waals surface area contributed by atoms with Crippen molar-refractivity contribution in [2.75, 3.05) is 4.90 Å². The molecule has 0 saturated heterocycles. The lowest BCUT2D eigenvalue weighted by Gasteiger charge is -2.28. The molecule has 10 rings (SSSR count). The first-order chi connectivity index (χ1) is 30.7. The molecule has 1 aliphatic carbocycles. The quantitative estimate of drug-likeness (QED) is 0.121. The lowest BCUT2D eigenvalue weighted by atomic mass is 9.89. The summed E-state index contributed by atoms with van der Waals surface area (Å²) in [7, 11) is 0. The number of hydrogen-bond acceptors (Lipinski definition) is 2. The van der Waals surface area contributed by atoms with Gasteiger partial charge in [-0.3, -0.25) is 0 Å². The van der Waals surface area contributed by atoms with Crippen LogP contribution in [0.4, 0.5) is 11.4 Å². The molecule has 2 heteroatoms. The third-order valence-corrected chi connectivity index (χ3v) is 11.9. The van der Waals surface area contributed by atoms with E-state index in [-0.39, 0.29) is 0 Å². The molecule has 62 heavy (non-hydrogen) atoms. The second kappa shape index (κ2) is 17.0. The van der Waals surface area contributed by atoms with Crippen LogP contribution in [0.2, 0.25) is 0 Å². The molecule has 0 spiro atoms. The Kier molecular flexibility index (Phi) is 10.5. The predicted octanol–water partition coefficient (Wildman–Crippen LogP) is 16.8. The van der Waals surface area contributed by atoms with E-state index in [9.17, 15) is 0 Å². The lowest BCUT2D eigenvalue weighted by molar-refractivity contribution is 0.674. The number of furan rings is 1. The molecule has 8 aromatic carbocycles. The Morgan fingerprint density at radius 2 is 1.21 bits per heavy atom. The molecule has 0 saturated carbocycles. The molecule has 0 unspecified atom stereocenters. The van der Waals surface area contributed by atoms with Gasteiger partial charge in [-0.2, -0.15) is 0 Å². The Morgan fingerprint density at radius 1 is 0.548 bits per heavy atom. The first kappa shape index (κ1) is 38.3. The highest BCUT2D eigenvalue weighted by Crippen LogP contribution is 2.44. The zero-order valence-electron chi connectivity index (χ0n) is 34.5. The van der Waals surface area contributed by atoms with Gasteiger partial charge in [-0.15, -0.1) is 0 Å². The molecule has 296 valence electrons. The van der Waals surface area contributed by atoms with Crippen molar-refractivity contribution in [3.63, 3.8) is 0 Å². The summed E-state index contributed by atoms with van der Waals surface area (Å²) in [5, 5.41) is 4.47. The molecule has 0 fully saturated rings. The zero-order valence-corrected chi connectivity index (χ0v) is 34.5. The molecule has 0 radical (unpaired) electrons. The molecule has 9 aromatic rings. The maximum Gasteiger partial charge on any atom is 0.143 e. The van der Waals surface area contributed by atoms with Crippen molar-refractivity contribution in [2.45, 2.75) is 12.8 Å². The van der Waals surface area contributed by atoms with Crippen LogP contribution in [0.1, 0.15) is 28.7 Å². The van der Waals surface area contributed by atoms with Gasteiger partial charge < -0.3 is 9.32 Å². The van der Waals surface area contributed by atoms with Crippen molar-refractivity contribution in [1.29, 1.82) is 0 Å². The molecule has 0 atom stereocenters. The summed E-state index contributed by atoms with van der Waals surface area (Å²) < 4.78 is 6.88. The summed E-state index contributed by atoms with van der Waals surface area (Å²) in [5.74, 6) is 0. The molecular weight excluding hydrogens is 751 g/mol. The van der Waals surface area contributed by atoms with Gasteiger partial charge in [0.15, 0.2) is 0 Å². The zero-order chi connectivity index (χ0) is 41.8. The highest BCUT2D eigenvalue weighted by molar-refractivity contribution is 6.17. The van der Waals surface area contributed by atoms with Crippen molar-refractivity contribution in [2.24, 2.45) is 0 Å². The van der Waals surface area contributed by atoms with Crippen LogP contribution >= 0.6 is 0 Å². The monoisotopic (exact) mass is 795 g/mol. The number of para-hydroxylation sites is 2. The number of fused-ring (bicyclic) bond motifs is 6. The maximum absolute atomic E-state index is 6.88. The van der Waals surface area contributed by atoms with Crippen molar-refractivity contribution >= 4 is 62.3 Å². The van der Waals surface area contributed by atoms with E-state index in [1.165, 1.54) is 27.8 Å². The fourth-order valence-electron chi connectivity index (χ4n) is 8.86. The minimum Gasteiger partial charge on any atom is -0.455 e. The largest absolute Gasteiger partial charge is 0.455 e. The van der Waals surface area contributed by atoms with Crippen LogP contribution in [-0.2, 0) is 6.42 Å². The molecule has 0 amide bonds. The number of nitrogens with zero attached hydrogens (tertiary/aromatic N) is 1. The average Bonchev–Trinajstić information content (AvgIpc) is 3.73. The van der Waals surface area contributed by atoms with Gasteiger partial charge in [0.05, 0.1) is 5.69 Å². The first-order valence-electron chi connectivity index (χ1n) is 21.3. The lowest BCUT2D eigenvalue weighted by Crippen LogP contribution is -2.16. The van der Waals surface area contributed by atoms with Crippen LogP contribution in [0.3, 0.4) is 0 Å². The van der Waals surface area contributed by atoms with E-state index in [4.69, 9.17) is 4.42 Å². The second-order valence-electron chi connectivity index (χ2n) is 15.7. The maximum atomic E-state index is 6.88. The molecule has 0 bridgehead atoms. The van der Waals surface area contributed by atoms with Gasteiger partial charge in [0.2, 0.25) is 0 Å². The number of anilines is 2. The van der Waals surface area contributed by atoms with Crippen LogP contribution in [0.15, 0.2) is 230 Å². The Balaban J connectivity index is 1.07. The van der Waals surface area contributed by atoms with Gasteiger partial charge in [0, 0.05) is 38.7 Å². The van der Waals surface area contributed by atoms with E-state index in [1.54, 1.807) is 6.08 Å². The normalized spacial score (nSPS) is 12.7. The fraction of sp³-hybridized carbons (Fsp3) is 0.0333. The van der Waals surface area contributed by atoms with E-state index in [0.29, 0.717) is 0 Å². The smallest absolute Gasteiger partial charge is 0.143 e. The van der Waals surface area contributed by atoms with Crippen LogP contribution in [0, 0.1) is 0 Å². The third kappa shape index (κ3) is 7.33. The Bertz CT molecular complexity index is 3260. The summed E-state index contributed by atoms with van der Waals surface area (Å²) in [5.41, 5.74) is 16.6. The minimum atomic E-state index is 0.867. The predicted molar refractivity (Wildman–Crippen MR) is 266 cm³/mol. The molecule has 0 aliphatic heterocycles. The van der Waals surface area contributed by atoms with Crippen LogP contribution in [-0.4, -0.2) is 0 Å². The van der Waals surface area contributed by atoms with Gasteiger partial charge >= 0.3 is 0 Å². The van der Waals surface area contributed by atoms with Crippen LogP contribution in [0.5, 0.6) is 0 Å². The number of benzene rings is 8. The number of aryl methyl sites for hydroxylation is 1. The number of allylic oxidation sites excluding steroid dienone is 6. The molecule has 0 N–H and O–H groups in total. The van der Waals surface area contributed by atoms with Gasteiger partial charge in [0.1, 0.15) is 11.2 Å². The Hall–Kier alpha value is -7.94. The summed E-state index contributed by atoms with van der Waals surface area (Å²) in [6.07, 6.45) is 20.9. The minimum absolute atomic E-state index is 0.867. The fourth-order valence-corrected chi connectivity index (χ4v) is 8.86. The Morgan fingerprint density at radius 3 is 2.03 bits per heavy atom. The van der Waals surface area contributed by atoms with Crippen LogP contribution in [0.25, 0.3) is 84.3 Å². The van der Waals surface area contributed by atoms with Crippen LogP contribution < -0.4 is 4.90 Å². The molecule has 1 heterocycles. The average molecular weight is 796 g/mol. The second-order valence-corrected chi connectivity index (χ2v) is 15.7. The highest BCUT2D eigenvalue weighted by Gasteiger charge is 2.21. The van der Waals surface area contributed by atoms with Gasteiger partial charge in [-0.25, -0.2) is 0 Å². The molecule has 1 aliphatic rings. The topological polar surface area (TPSA) is 16.4 Å². The summed E-state index contributed by atoms with van der Waals surface area (Å²) in [4.78, 5) is 2.30. The first-order valence-corrected chi connectivity index (χ1v) is 21.3. The SMILES string of the molecule is C=C/C=C\c1cccc(/C=C/C=C(\C=C)N(c2ccc(-c3ccc(-c4cccc5c4C=CCC5)cc3)cc2)c2ccccc2-c2cccc3c2oc2c4ccccc4ccc32)c1. The number of hydrogen-bond donors (Lipinski definition) is 0. The van der Waals surface area contributed by atoms with E-state index in [1.807, 2.05) is 12.2 Å². The van der Waals surface area contributed by atoms with Gasteiger partial charge in [0.25, 0.3) is 0 Å². The Labute approximate surface area is 363 Å². The van der Waals surface area contributed by atoms with E-state index in [2.05, 4.69) is 224 Å². The molecule has 2 nitrogen and oxygen atoms in total. The standard InChI is InChI=1S/C60H45NO/c1-3-5-16-42-17-12-18-43(41-42)19-13-23-49(4-2)61(50-38-35-45(36-39-50)44-31-33-48(34-32-44)52-27-14-22-46-20-6-8-24-51(46)52)58-30-11-10-26-54(58)55-28-15-29-56-57-40-37-47-21-7-9-25-53(47)59(57)62-60(55)56/h3-5,7-19,21-41H,1-2,6,20H2/b16-5-,19-13+,49-23+. The summed E-state index contributed by atoms with van der Waals surface area (Å²) >= 11 is 0. The van der Waals surface area contributed by atoms with Gasteiger partial charge in [-0.05, 0) is 105 Å². The third-order valence-electron chi connectivity index (χ3n) is 11.9. The van der Waals surface area contributed by atoms with E-state index < -0.39 is 0 Å². The van der Waals surface area contributed by atoms with Crippen molar-refractivity contribution in [1.82, 2.24) is 0 Å². The molecule has 1 aromatic heterocycles.